The van der Waals surface area contributed by atoms with E-state index in [2.05, 4.69) is 10.5 Å². The van der Waals surface area contributed by atoms with Gasteiger partial charge < -0.3 is 14.9 Å². The summed E-state index contributed by atoms with van der Waals surface area (Å²) in [5, 5.41) is 15.6. The lowest BCUT2D eigenvalue weighted by Gasteiger charge is -2.26. The highest BCUT2D eigenvalue weighted by Crippen LogP contribution is 2.43. The third-order valence-corrected chi connectivity index (χ3v) is 3.87. The van der Waals surface area contributed by atoms with Gasteiger partial charge in [0.15, 0.2) is 0 Å². The van der Waals surface area contributed by atoms with Crippen LogP contribution >= 0.6 is 0 Å². The molecule has 1 amide bonds. The van der Waals surface area contributed by atoms with Crippen LogP contribution in [0.4, 0.5) is 0 Å². The van der Waals surface area contributed by atoms with E-state index in [-0.39, 0.29) is 24.2 Å². The van der Waals surface area contributed by atoms with Crippen molar-refractivity contribution >= 4 is 11.9 Å². The van der Waals surface area contributed by atoms with Crippen molar-refractivity contribution in [1.29, 1.82) is 0 Å². The summed E-state index contributed by atoms with van der Waals surface area (Å²) in [5.41, 5.74) is 0.310. The molecular formula is C14H20N2O4. The quantitative estimate of drug-likeness (QED) is 0.831. The molecule has 6 nitrogen and oxygen atoms in total. The molecule has 20 heavy (non-hydrogen) atoms. The first-order valence-electron chi connectivity index (χ1n) is 6.90. The van der Waals surface area contributed by atoms with Crippen molar-refractivity contribution in [2.24, 2.45) is 5.41 Å². The lowest BCUT2D eigenvalue weighted by Crippen LogP contribution is -2.31. The maximum Gasteiger partial charge on any atom is 0.303 e. The summed E-state index contributed by atoms with van der Waals surface area (Å²) < 4.78 is 4.92. The molecule has 0 radical (unpaired) electrons. The second kappa shape index (κ2) is 6.07. The predicted octanol–water partition coefficient (Wildman–Crippen LogP) is 2.02. The molecule has 0 atom stereocenters. The number of aryl methyl sites for hydroxylation is 1. The Bertz CT molecular complexity index is 489. The highest BCUT2D eigenvalue weighted by atomic mass is 16.5. The Morgan fingerprint density at radius 2 is 2.10 bits per heavy atom. The van der Waals surface area contributed by atoms with Gasteiger partial charge in [-0.3, -0.25) is 9.59 Å². The first-order valence-corrected chi connectivity index (χ1v) is 6.90. The molecule has 1 saturated carbocycles. The SMILES string of the molecule is Cc1cc(CNC(=O)CC2(CC(=O)O)CCCC2)no1. The maximum atomic E-state index is 12.0. The first-order chi connectivity index (χ1) is 9.49. The second-order valence-electron chi connectivity index (χ2n) is 5.66. The van der Waals surface area contributed by atoms with Gasteiger partial charge >= 0.3 is 5.97 Å². The van der Waals surface area contributed by atoms with Crippen LogP contribution in [-0.2, 0) is 16.1 Å². The van der Waals surface area contributed by atoms with Gasteiger partial charge in [0.05, 0.1) is 13.0 Å². The number of rotatable bonds is 6. The zero-order chi connectivity index (χ0) is 14.6. The number of aromatic nitrogens is 1. The van der Waals surface area contributed by atoms with Gasteiger partial charge in [0, 0.05) is 12.5 Å². The summed E-state index contributed by atoms with van der Waals surface area (Å²) >= 11 is 0. The van der Waals surface area contributed by atoms with Crippen LogP contribution in [0.1, 0.15) is 50.0 Å². The van der Waals surface area contributed by atoms with Crippen molar-refractivity contribution in [3.05, 3.63) is 17.5 Å². The number of hydrogen-bond donors (Lipinski definition) is 2. The van der Waals surface area contributed by atoms with Gasteiger partial charge in [0.25, 0.3) is 0 Å². The largest absolute Gasteiger partial charge is 0.481 e. The minimum Gasteiger partial charge on any atom is -0.481 e. The average molecular weight is 280 g/mol. The summed E-state index contributed by atoms with van der Waals surface area (Å²) in [5.74, 6) is -0.243. The van der Waals surface area contributed by atoms with E-state index >= 15 is 0 Å². The Morgan fingerprint density at radius 1 is 1.40 bits per heavy atom. The number of carbonyl (C=O) groups is 2. The molecule has 0 spiro atoms. The molecule has 0 unspecified atom stereocenters. The van der Waals surface area contributed by atoms with Crippen LogP contribution in [0, 0.1) is 12.3 Å². The Kier molecular flexibility index (Phi) is 4.42. The highest BCUT2D eigenvalue weighted by molar-refractivity contribution is 5.78. The standard InChI is InChI=1S/C14H20N2O4/c1-10-6-11(16-20-10)9-15-12(17)7-14(8-13(18)19)4-2-3-5-14/h6H,2-5,7-9H2,1H3,(H,15,17)(H,18,19). The van der Waals surface area contributed by atoms with E-state index < -0.39 is 5.97 Å². The zero-order valence-corrected chi connectivity index (χ0v) is 11.6. The molecule has 2 N–H and O–H groups in total. The van der Waals surface area contributed by atoms with Crippen molar-refractivity contribution in [1.82, 2.24) is 10.5 Å². The van der Waals surface area contributed by atoms with Crippen LogP contribution in [0.5, 0.6) is 0 Å². The molecule has 6 heteroatoms. The molecule has 0 saturated heterocycles. The normalized spacial score (nSPS) is 17.1. The number of carboxylic acid groups (broad SMARTS) is 1. The van der Waals surface area contributed by atoms with Crippen LogP contribution in [0.2, 0.25) is 0 Å². The van der Waals surface area contributed by atoms with Crippen molar-refractivity contribution in [2.75, 3.05) is 0 Å². The highest BCUT2D eigenvalue weighted by Gasteiger charge is 2.37. The molecule has 1 aliphatic carbocycles. The summed E-state index contributed by atoms with van der Waals surface area (Å²) in [4.78, 5) is 23.0. The van der Waals surface area contributed by atoms with Crippen LogP contribution in [0.15, 0.2) is 10.6 Å². The van der Waals surface area contributed by atoms with E-state index in [0.29, 0.717) is 18.0 Å². The first kappa shape index (κ1) is 14.6. The van der Waals surface area contributed by atoms with E-state index in [1.165, 1.54) is 0 Å². The van der Waals surface area contributed by atoms with Crippen molar-refractivity contribution in [3.8, 4) is 0 Å². The topological polar surface area (TPSA) is 92.4 Å². The second-order valence-corrected chi connectivity index (χ2v) is 5.66. The van der Waals surface area contributed by atoms with E-state index in [1.54, 1.807) is 13.0 Å². The summed E-state index contributed by atoms with van der Waals surface area (Å²) in [6.07, 6.45) is 3.98. The lowest BCUT2D eigenvalue weighted by molar-refractivity contribution is -0.140. The van der Waals surface area contributed by atoms with Crippen molar-refractivity contribution in [2.45, 2.75) is 52.0 Å². The number of carboxylic acids is 1. The number of nitrogens with zero attached hydrogens (tertiary/aromatic N) is 1. The van der Waals surface area contributed by atoms with Gasteiger partial charge in [-0.15, -0.1) is 0 Å². The smallest absolute Gasteiger partial charge is 0.303 e. The van der Waals surface area contributed by atoms with Gasteiger partial charge in [-0.25, -0.2) is 0 Å². The molecule has 0 bridgehead atoms. The molecule has 1 aliphatic rings. The van der Waals surface area contributed by atoms with Gasteiger partial charge in [-0.1, -0.05) is 18.0 Å². The number of amides is 1. The van der Waals surface area contributed by atoms with Gasteiger partial charge in [-0.05, 0) is 25.2 Å². The molecule has 0 aromatic carbocycles. The minimum atomic E-state index is -0.827. The van der Waals surface area contributed by atoms with E-state index in [4.69, 9.17) is 9.63 Å². The van der Waals surface area contributed by atoms with E-state index in [9.17, 15) is 9.59 Å². The Hall–Kier alpha value is -1.85. The molecule has 1 aromatic rings. The molecule has 1 fully saturated rings. The number of aliphatic carboxylic acids is 1. The zero-order valence-electron chi connectivity index (χ0n) is 11.6. The van der Waals surface area contributed by atoms with E-state index in [1.807, 2.05) is 0 Å². The van der Waals surface area contributed by atoms with Gasteiger partial charge in [0.2, 0.25) is 5.91 Å². The monoisotopic (exact) mass is 280 g/mol. The molecular weight excluding hydrogens is 260 g/mol. The molecule has 0 aliphatic heterocycles. The third-order valence-electron chi connectivity index (χ3n) is 3.87. The third kappa shape index (κ3) is 3.82. The molecule has 1 heterocycles. The van der Waals surface area contributed by atoms with Crippen molar-refractivity contribution in [3.63, 3.8) is 0 Å². The van der Waals surface area contributed by atoms with Gasteiger partial charge in [-0.2, -0.15) is 0 Å². The Balaban J connectivity index is 1.87. The lowest BCUT2D eigenvalue weighted by atomic mass is 9.79. The van der Waals surface area contributed by atoms with Gasteiger partial charge in [0.1, 0.15) is 11.5 Å². The average Bonchev–Trinajstić information content (AvgIpc) is 2.95. The van der Waals surface area contributed by atoms with Crippen LogP contribution in [0.25, 0.3) is 0 Å². The molecule has 1 aromatic heterocycles. The van der Waals surface area contributed by atoms with E-state index in [0.717, 1.165) is 25.7 Å². The fraction of sp³-hybridized carbons (Fsp3) is 0.643. The summed E-state index contributed by atoms with van der Waals surface area (Å²) in [6.45, 7) is 2.11. The summed E-state index contributed by atoms with van der Waals surface area (Å²) in [6, 6.07) is 1.77. The Morgan fingerprint density at radius 3 is 2.65 bits per heavy atom. The maximum absolute atomic E-state index is 12.0. The molecule has 2 rings (SSSR count). The number of carbonyl (C=O) groups excluding carboxylic acids is 1. The summed E-state index contributed by atoms with van der Waals surface area (Å²) in [7, 11) is 0. The van der Waals surface area contributed by atoms with Crippen LogP contribution in [0.3, 0.4) is 0 Å². The fourth-order valence-electron chi connectivity index (χ4n) is 2.96. The Labute approximate surface area is 117 Å². The minimum absolute atomic E-state index is 0.0729. The predicted molar refractivity (Wildman–Crippen MR) is 70.9 cm³/mol. The fourth-order valence-corrected chi connectivity index (χ4v) is 2.96. The number of nitrogens with one attached hydrogen (secondary N) is 1. The van der Waals surface area contributed by atoms with Crippen molar-refractivity contribution < 1.29 is 19.2 Å². The number of hydrogen-bond acceptors (Lipinski definition) is 4. The van der Waals surface area contributed by atoms with Crippen LogP contribution < -0.4 is 5.32 Å². The molecule has 110 valence electrons. The van der Waals surface area contributed by atoms with Crippen LogP contribution in [-0.4, -0.2) is 22.1 Å².